The molecule has 2 amide bonds. The summed E-state index contributed by atoms with van der Waals surface area (Å²) in [5, 5.41) is 17.5. The van der Waals surface area contributed by atoms with Crippen LogP contribution in [0.3, 0.4) is 0 Å². The van der Waals surface area contributed by atoms with Crippen molar-refractivity contribution in [3.8, 4) is 0 Å². The lowest BCUT2D eigenvalue weighted by Crippen LogP contribution is -2.71. The van der Waals surface area contributed by atoms with E-state index in [1.807, 2.05) is 0 Å². The van der Waals surface area contributed by atoms with Gasteiger partial charge >= 0.3 is 5.97 Å². The minimum atomic E-state index is -1.16. The number of hydrogen-bond acceptors (Lipinski definition) is 11. The lowest BCUT2D eigenvalue weighted by molar-refractivity contribution is -0.150. The second-order valence-corrected chi connectivity index (χ2v) is 10.5. The summed E-state index contributed by atoms with van der Waals surface area (Å²) in [6.07, 6.45) is 3.18. The van der Waals surface area contributed by atoms with Gasteiger partial charge in [-0.25, -0.2) is 9.78 Å². The number of amides is 2. The van der Waals surface area contributed by atoms with Gasteiger partial charge < -0.3 is 25.7 Å². The van der Waals surface area contributed by atoms with E-state index in [1.54, 1.807) is 5.38 Å². The van der Waals surface area contributed by atoms with Crippen LogP contribution in [0.5, 0.6) is 0 Å². The first-order chi connectivity index (χ1) is 15.9. The maximum Gasteiger partial charge on any atom is 0.353 e. The number of carbonyl (C=O) groups is 3. The largest absolute Gasteiger partial charge is 0.477 e. The third kappa shape index (κ3) is 4.98. The van der Waals surface area contributed by atoms with E-state index in [2.05, 4.69) is 15.5 Å². The van der Waals surface area contributed by atoms with E-state index < -0.39 is 29.2 Å². The lowest BCUT2D eigenvalue weighted by atomic mass is 10.0. The molecule has 0 aliphatic carbocycles. The van der Waals surface area contributed by atoms with Crippen LogP contribution in [0.25, 0.3) is 0 Å². The monoisotopic (exact) mass is 513 g/mol. The molecule has 33 heavy (non-hydrogen) atoms. The van der Waals surface area contributed by atoms with Crippen LogP contribution in [0.1, 0.15) is 25.0 Å². The molecule has 0 aromatic carbocycles. The second kappa shape index (κ2) is 10.3. The van der Waals surface area contributed by atoms with Crippen molar-refractivity contribution in [1.29, 1.82) is 0 Å². The number of anilines is 1. The summed E-state index contributed by atoms with van der Waals surface area (Å²) < 4.78 is 5.73. The zero-order valence-electron chi connectivity index (χ0n) is 17.7. The summed E-state index contributed by atoms with van der Waals surface area (Å²) in [6, 6.07) is -0.886. The Labute approximate surface area is 202 Å². The average molecular weight is 514 g/mol. The molecule has 4 heterocycles. The van der Waals surface area contributed by atoms with Crippen molar-refractivity contribution in [2.45, 2.75) is 36.8 Å². The maximum atomic E-state index is 12.9. The van der Waals surface area contributed by atoms with Crippen molar-refractivity contribution in [3.63, 3.8) is 0 Å². The predicted molar refractivity (Wildman–Crippen MR) is 126 cm³/mol. The molecule has 178 valence electrons. The van der Waals surface area contributed by atoms with Gasteiger partial charge in [0.05, 0.1) is 6.10 Å². The number of carboxylic acid groups (broad SMARTS) is 1. The first-order valence-electron chi connectivity index (χ1n) is 10.2. The standard InChI is InChI=1S/C19H23N5O6S3/c1-29-23-12(10-7-33-19(20)21-10)15(25)22-13-16(26)24-14(18(27)28)11(8-32-17(13)24)31-6-9-4-2-3-5-30-9/h7,9,13,17H,2-6,8H2,1H3,(H2,20,21)(H,22,25)(H,27,28)/b23-12-/t9?,13?,17-/m0/s1. The van der Waals surface area contributed by atoms with Gasteiger partial charge in [0.25, 0.3) is 11.8 Å². The number of nitrogens with zero attached hydrogens (tertiary/aromatic N) is 3. The summed E-state index contributed by atoms with van der Waals surface area (Å²) in [6.45, 7) is 0.723. The van der Waals surface area contributed by atoms with Gasteiger partial charge in [-0.1, -0.05) is 5.16 Å². The van der Waals surface area contributed by atoms with Crippen molar-refractivity contribution < 1.29 is 29.1 Å². The minimum Gasteiger partial charge on any atom is -0.477 e. The molecule has 0 saturated carbocycles. The van der Waals surface area contributed by atoms with Gasteiger partial charge in [0.1, 0.15) is 29.9 Å². The third-order valence-electron chi connectivity index (χ3n) is 5.30. The van der Waals surface area contributed by atoms with Crippen LogP contribution in [-0.2, 0) is 24.0 Å². The number of nitrogen functional groups attached to an aromatic ring is 1. The van der Waals surface area contributed by atoms with Crippen molar-refractivity contribution in [2.24, 2.45) is 5.16 Å². The number of oxime groups is 1. The zero-order valence-corrected chi connectivity index (χ0v) is 20.1. The smallest absolute Gasteiger partial charge is 0.353 e. The predicted octanol–water partition coefficient (Wildman–Crippen LogP) is 1.07. The van der Waals surface area contributed by atoms with Crippen LogP contribution in [0.2, 0.25) is 0 Å². The molecule has 2 fully saturated rings. The number of β-lactam (4-membered cyclic amide) rings is 1. The highest BCUT2D eigenvalue weighted by Gasteiger charge is 2.54. The number of nitrogens with one attached hydrogen (secondary N) is 1. The summed E-state index contributed by atoms with van der Waals surface area (Å²) in [5.41, 5.74) is 5.73. The van der Waals surface area contributed by atoms with E-state index in [-0.39, 0.29) is 28.3 Å². The topological polar surface area (TPSA) is 156 Å². The molecule has 4 N–H and O–H groups in total. The molecular weight excluding hydrogens is 490 g/mol. The number of hydrogen-bond donors (Lipinski definition) is 3. The number of ether oxygens (including phenoxy) is 1. The molecule has 2 saturated heterocycles. The first-order valence-corrected chi connectivity index (χ1v) is 13.1. The fourth-order valence-corrected chi connectivity index (χ4v) is 6.99. The SMILES string of the molecule is CO/N=C(\C(=O)NC1C(=O)N2C(C(=O)O)=C(SCC3CCCCO3)CS[C@@H]12)c1csc(N)n1. The Hall–Kier alpha value is -2.29. The number of fused-ring (bicyclic) bond motifs is 1. The highest BCUT2D eigenvalue weighted by molar-refractivity contribution is 8.06. The maximum absolute atomic E-state index is 12.9. The van der Waals surface area contributed by atoms with Crippen LogP contribution in [0.15, 0.2) is 21.1 Å². The van der Waals surface area contributed by atoms with Gasteiger partial charge in [-0.3, -0.25) is 14.5 Å². The van der Waals surface area contributed by atoms with Crippen molar-refractivity contribution in [2.75, 3.05) is 31.0 Å². The Morgan fingerprint density at radius 1 is 1.48 bits per heavy atom. The Kier molecular flexibility index (Phi) is 7.46. The molecule has 11 nitrogen and oxygen atoms in total. The van der Waals surface area contributed by atoms with Crippen LogP contribution in [0.4, 0.5) is 5.13 Å². The molecule has 2 unspecified atom stereocenters. The highest BCUT2D eigenvalue weighted by atomic mass is 32.2. The number of rotatable bonds is 8. The molecule has 14 heteroatoms. The van der Waals surface area contributed by atoms with E-state index in [1.165, 1.54) is 35.5 Å². The molecule has 0 bridgehead atoms. The Morgan fingerprint density at radius 3 is 2.94 bits per heavy atom. The van der Waals surface area contributed by atoms with Crippen LogP contribution in [-0.4, -0.2) is 81.2 Å². The summed E-state index contributed by atoms with van der Waals surface area (Å²) in [5.74, 6) is -1.23. The summed E-state index contributed by atoms with van der Waals surface area (Å²) in [7, 11) is 1.29. The van der Waals surface area contributed by atoms with E-state index in [0.29, 0.717) is 16.4 Å². The lowest BCUT2D eigenvalue weighted by Gasteiger charge is -2.49. The Balaban J connectivity index is 1.45. The van der Waals surface area contributed by atoms with Gasteiger partial charge in [0.2, 0.25) is 0 Å². The highest BCUT2D eigenvalue weighted by Crippen LogP contribution is 2.43. The molecule has 3 atom stereocenters. The van der Waals surface area contributed by atoms with Crippen molar-refractivity contribution >= 4 is 63.5 Å². The number of thioether (sulfide) groups is 2. The van der Waals surface area contributed by atoms with Gasteiger partial charge in [0.15, 0.2) is 10.8 Å². The average Bonchev–Trinajstić information content (AvgIpc) is 3.25. The van der Waals surface area contributed by atoms with E-state index in [4.69, 9.17) is 15.3 Å². The number of carboxylic acids is 1. The quantitative estimate of drug-likeness (QED) is 0.261. The zero-order chi connectivity index (χ0) is 23.5. The number of nitrogens with two attached hydrogens (primary N) is 1. The number of carbonyl (C=O) groups excluding carboxylic acids is 2. The number of thiazole rings is 1. The molecule has 4 rings (SSSR count). The van der Waals surface area contributed by atoms with Crippen molar-refractivity contribution in [3.05, 3.63) is 21.7 Å². The van der Waals surface area contributed by atoms with Crippen LogP contribution in [0, 0.1) is 0 Å². The first kappa shape index (κ1) is 23.9. The summed E-state index contributed by atoms with van der Waals surface area (Å²) >= 11 is 3.98. The van der Waals surface area contributed by atoms with Gasteiger partial charge in [-0.05, 0) is 19.3 Å². The fraction of sp³-hybridized carbons (Fsp3) is 0.526. The molecule has 1 aromatic heterocycles. The molecule has 1 aromatic rings. The molecule has 3 aliphatic heterocycles. The van der Waals surface area contributed by atoms with E-state index >= 15 is 0 Å². The second-order valence-electron chi connectivity index (χ2n) is 7.43. The molecular formula is C19H23N5O6S3. The molecule has 0 spiro atoms. The van der Waals surface area contributed by atoms with Gasteiger partial charge in [-0.15, -0.1) is 34.9 Å². The normalized spacial score (nSPS) is 25.4. The van der Waals surface area contributed by atoms with E-state index in [0.717, 1.165) is 37.2 Å². The third-order valence-corrected chi connectivity index (χ3v) is 8.66. The number of aromatic nitrogens is 1. The minimum absolute atomic E-state index is 0.0203. The van der Waals surface area contributed by atoms with Gasteiger partial charge in [0, 0.05) is 28.4 Å². The Morgan fingerprint density at radius 2 is 2.30 bits per heavy atom. The van der Waals surface area contributed by atoms with E-state index in [9.17, 15) is 19.5 Å². The Bertz CT molecular complexity index is 1010. The van der Waals surface area contributed by atoms with Crippen LogP contribution >= 0.6 is 34.9 Å². The fourth-order valence-electron chi connectivity index (χ4n) is 3.74. The molecule has 0 radical (unpaired) electrons. The van der Waals surface area contributed by atoms with Crippen molar-refractivity contribution in [1.82, 2.24) is 15.2 Å². The van der Waals surface area contributed by atoms with Gasteiger partial charge in [-0.2, -0.15) is 0 Å². The number of aliphatic carboxylic acids is 1. The molecule has 3 aliphatic rings. The van der Waals surface area contributed by atoms with Crippen LogP contribution < -0.4 is 11.1 Å². The summed E-state index contributed by atoms with van der Waals surface area (Å²) in [4.78, 5) is 48.4.